The summed E-state index contributed by atoms with van der Waals surface area (Å²) < 4.78 is 6.09. The summed E-state index contributed by atoms with van der Waals surface area (Å²) in [7, 11) is 0. The van der Waals surface area contributed by atoms with Gasteiger partial charge in [0.15, 0.2) is 0 Å². The second-order valence-electron chi connectivity index (χ2n) is 9.68. The van der Waals surface area contributed by atoms with Gasteiger partial charge in [-0.1, -0.05) is 95.0 Å². The van der Waals surface area contributed by atoms with Crippen LogP contribution in [0.15, 0.2) is 71.4 Å². The molecule has 2 aliphatic carbocycles. The molecule has 1 aromatic rings. The van der Waals surface area contributed by atoms with Crippen molar-refractivity contribution in [2.75, 3.05) is 6.61 Å². The van der Waals surface area contributed by atoms with E-state index in [-0.39, 0.29) is 0 Å². The monoisotopic (exact) mass is 418 g/mol. The minimum atomic E-state index is 0.463. The second-order valence-corrected chi connectivity index (χ2v) is 9.68. The number of hydrogen-bond acceptors (Lipinski definition) is 1. The van der Waals surface area contributed by atoms with Gasteiger partial charge in [0.05, 0.1) is 6.61 Å². The number of benzene rings is 1. The second kappa shape index (κ2) is 12.1. The van der Waals surface area contributed by atoms with Gasteiger partial charge < -0.3 is 4.74 Å². The highest BCUT2D eigenvalue weighted by Gasteiger charge is 2.18. The predicted octanol–water partition coefficient (Wildman–Crippen LogP) is 8.63. The molecule has 0 radical (unpaired) electrons. The van der Waals surface area contributed by atoms with E-state index in [0.29, 0.717) is 11.8 Å². The molecule has 2 aliphatic rings. The molecule has 3 unspecified atom stereocenters. The van der Waals surface area contributed by atoms with Crippen LogP contribution in [0.3, 0.4) is 0 Å². The van der Waals surface area contributed by atoms with Gasteiger partial charge in [-0.15, -0.1) is 0 Å². The van der Waals surface area contributed by atoms with E-state index in [0.717, 1.165) is 31.1 Å². The third-order valence-electron chi connectivity index (χ3n) is 6.95. The summed E-state index contributed by atoms with van der Waals surface area (Å²) in [6.45, 7) is 9.99. The Morgan fingerprint density at radius 2 is 1.87 bits per heavy atom. The molecular formula is C30H42O. The average molecular weight is 419 g/mol. The highest BCUT2D eigenvalue weighted by atomic mass is 16.5. The van der Waals surface area contributed by atoms with Crippen molar-refractivity contribution in [1.82, 2.24) is 0 Å². The van der Waals surface area contributed by atoms with E-state index in [1.54, 1.807) is 5.57 Å². The van der Waals surface area contributed by atoms with E-state index >= 15 is 0 Å². The lowest BCUT2D eigenvalue weighted by atomic mass is 9.81. The van der Waals surface area contributed by atoms with Gasteiger partial charge in [0.1, 0.15) is 5.75 Å². The van der Waals surface area contributed by atoms with Crippen molar-refractivity contribution in [1.29, 1.82) is 0 Å². The predicted molar refractivity (Wildman–Crippen MR) is 135 cm³/mol. The lowest BCUT2D eigenvalue weighted by Gasteiger charge is -2.24. The van der Waals surface area contributed by atoms with Crippen LogP contribution in [0.2, 0.25) is 0 Å². The normalized spacial score (nSPS) is 21.9. The molecule has 0 fully saturated rings. The fourth-order valence-corrected chi connectivity index (χ4v) is 4.52. The van der Waals surface area contributed by atoms with E-state index in [4.69, 9.17) is 4.74 Å². The highest BCUT2D eigenvalue weighted by molar-refractivity contribution is 5.46. The van der Waals surface area contributed by atoms with Crippen molar-refractivity contribution in [3.63, 3.8) is 0 Å². The van der Waals surface area contributed by atoms with Gasteiger partial charge in [-0.25, -0.2) is 0 Å². The highest BCUT2D eigenvalue weighted by Crippen LogP contribution is 2.34. The zero-order chi connectivity index (χ0) is 22.1. The summed E-state index contributed by atoms with van der Waals surface area (Å²) in [4.78, 5) is 0. The van der Waals surface area contributed by atoms with Crippen molar-refractivity contribution >= 4 is 0 Å². The molecule has 1 heteroatoms. The van der Waals surface area contributed by atoms with E-state index in [1.807, 2.05) is 0 Å². The van der Waals surface area contributed by atoms with Crippen LogP contribution < -0.4 is 4.74 Å². The van der Waals surface area contributed by atoms with Gasteiger partial charge in [0.25, 0.3) is 0 Å². The number of hydrogen-bond donors (Lipinski definition) is 0. The standard InChI is InChI=1S/C30H42O/c1-5-7-8-9-27-16-17-29(21-24(27)4)28-14-10-26(11-15-28)22-31-30-18-12-25(13-19-30)20-23(3)6-2/h10,12-19,23-24,26H,5-9,11,20-22H2,1-4H3. The third-order valence-corrected chi connectivity index (χ3v) is 6.95. The van der Waals surface area contributed by atoms with E-state index in [9.17, 15) is 0 Å². The largest absolute Gasteiger partial charge is 0.493 e. The minimum absolute atomic E-state index is 0.463. The summed E-state index contributed by atoms with van der Waals surface area (Å²) in [5.41, 5.74) is 5.96. The van der Waals surface area contributed by atoms with Crippen molar-refractivity contribution in [2.45, 2.75) is 79.1 Å². The van der Waals surface area contributed by atoms with Crippen LogP contribution in [0.25, 0.3) is 0 Å². The summed E-state index contributed by atoms with van der Waals surface area (Å²) >= 11 is 0. The van der Waals surface area contributed by atoms with Gasteiger partial charge in [0.2, 0.25) is 0 Å². The maximum Gasteiger partial charge on any atom is 0.119 e. The third kappa shape index (κ3) is 7.27. The first-order chi connectivity index (χ1) is 15.1. The van der Waals surface area contributed by atoms with Crippen LogP contribution in [0.4, 0.5) is 0 Å². The number of allylic oxidation sites excluding steroid dienone is 7. The number of rotatable bonds is 11. The van der Waals surface area contributed by atoms with E-state index in [2.05, 4.69) is 82.3 Å². The number of ether oxygens (including phenoxy) is 1. The summed E-state index contributed by atoms with van der Waals surface area (Å²) in [6, 6.07) is 8.70. The Labute approximate surface area is 191 Å². The SMILES string of the molecule is CCCCCC1=CC=C(C2=CCC(COc3ccc(CC(C)CC)cc3)C=C2)CC1C. The Morgan fingerprint density at radius 1 is 1.06 bits per heavy atom. The van der Waals surface area contributed by atoms with Crippen molar-refractivity contribution in [2.24, 2.45) is 17.8 Å². The molecule has 1 aromatic carbocycles. The van der Waals surface area contributed by atoms with Gasteiger partial charge in [-0.05, 0) is 72.8 Å². The molecular weight excluding hydrogens is 376 g/mol. The topological polar surface area (TPSA) is 9.23 Å². The molecule has 0 aliphatic heterocycles. The molecule has 0 aromatic heterocycles. The zero-order valence-corrected chi connectivity index (χ0v) is 20.2. The lowest BCUT2D eigenvalue weighted by molar-refractivity contribution is 0.275. The molecule has 3 atom stereocenters. The van der Waals surface area contributed by atoms with Crippen molar-refractivity contribution in [3.05, 3.63) is 76.9 Å². The molecule has 0 saturated heterocycles. The molecule has 0 saturated carbocycles. The maximum absolute atomic E-state index is 6.09. The smallest absolute Gasteiger partial charge is 0.119 e. The molecule has 1 nitrogen and oxygen atoms in total. The first-order valence-corrected chi connectivity index (χ1v) is 12.6. The molecule has 0 spiro atoms. The minimum Gasteiger partial charge on any atom is -0.493 e. The molecule has 3 rings (SSSR count). The molecule has 0 bridgehead atoms. The summed E-state index contributed by atoms with van der Waals surface area (Å²) in [5, 5.41) is 0. The van der Waals surface area contributed by atoms with Gasteiger partial charge in [-0.2, -0.15) is 0 Å². The van der Waals surface area contributed by atoms with Crippen molar-refractivity contribution in [3.8, 4) is 5.75 Å². The van der Waals surface area contributed by atoms with Gasteiger partial charge >= 0.3 is 0 Å². The van der Waals surface area contributed by atoms with Crippen LogP contribution in [0.5, 0.6) is 5.75 Å². The quantitative estimate of drug-likeness (QED) is 0.327. The molecule has 0 heterocycles. The number of unbranched alkanes of at least 4 members (excludes halogenated alkanes) is 2. The first-order valence-electron chi connectivity index (χ1n) is 12.6. The molecule has 0 amide bonds. The van der Waals surface area contributed by atoms with Crippen LogP contribution in [-0.2, 0) is 6.42 Å². The summed E-state index contributed by atoms with van der Waals surface area (Å²) in [6.07, 6.45) is 21.7. The van der Waals surface area contributed by atoms with Crippen molar-refractivity contribution < 1.29 is 4.74 Å². The Hall–Kier alpha value is -2.02. The maximum atomic E-state index is 6.09. The molecule has 0 N–H and O–H groups in total. The Balaban J connectivity index is 1.47. The zero-order valence-electron chi connectivity index (χ0n) is 20.2. The Kier molecular flexibility index (Phi) is 9.25. The fourth-order valence-electron chi connectivity index (χ4n) is 4.52. The summed E-state index contributed by atoms with van der Waals surface area (Å²) in [5.74, 6) is 2.87. The lowest BCUT2D eigenvalue weighted by Crippen LogP contribution is -2.13. The van der Waals surface area contributed by atoms with E-state index in [1.165, 1.54) is 55.2 Å². The molecule has 31 heavy (non-hydrogen) atoms. The Morgan fingerprint density at radius 3 is 2.52 bits per heavy atom. The average Bonchev–Trinajstić information content (AvgIpc) is 2.80. The fraction of sp³-hybridized carbons (Fsp3) is 0.533. The van der Waals surface area contributed by atoms with Crippen LogP contribution >= 0.6 is 0 Å². The molecule has 168 valence electrons. The van der Waals surface area contributed by atoms with E-state index < -0.39 is 0 Å². The van der Waals surface area contributed by atoms with Crippen LogP contribution in [-0.4, -0.2) is 6.61 Å². The van der Waals surface area contributed by atoms with Crippen LogP contribution in [0, 0.1) is 17.8 Å². The Bertz CT molecular complexity index is 805. The van der Waals surface area contributed by atoms with Gasteiger partial charge in [0, 0.05) is 5.92 Å². The first kappa shape index (κ1) is 23.6. The van der Waals surface area contributed by atoms with Crippen LogP contribution in [0.1, 0.15) is 78.2 Å². The van der Waals surface area contributed by atoms with Gasteiger partial charge in [-0.3, -0.25) is 0 Å².